The van der Waals surface area contributed by atoms with E-state index in [-0.39, 0.29) is 5.82 Å². The SMILES string of the molecule is COc1ccc(-c2ccc(F)cc2)nc1. The summed E-state index contributed by atoms with van der Waals surface area (Å²) in [7, 11) is 1.59. The maximum Gasteiger partial charge on any atom is 0.137 e. The molecule has 3 heteroatoms. The van der Waals surface area contributed by atoms with E-state index in [1.54, 1.807) is 25.4 Å². The van der Waals surface area contributed by atoms with Crippen LogP contribution in [0.4, 0.5) is 4.39 Å². The molecule has 1 aromatic heterocycles. The number of hydrogen-bond acceptors (Lipinski definition) is 2. The number of benzene rings is 1. The van der Waals surface area contributed by atoms with Crippen LogP contribution in [0.3, 0.4) is 0 Å². The Balaban J connectivity index is 2.33. The molecule has 0 spiro atoms. The number of ether oxygens (including phenoxy) is 1. The highest BCUT2D eigenvalue weighted by Gasteiger charge is 1.99. The van der Waals surface area contributed by atoms with Gasteiger partial charge in [0.05, 0.1) is 19.0 Å². The van der Waals surface area contributed by atoms with Crippen molar-refractivity contribution in [2.45, 2.75) is 0 Å². The minimum absolute atomic E-state index is 0.243. The van der Waals surface area contributed by atoms with Crippen LogP contribution in [0.5, 0.6) is 5.75 Å². The van der Waals surface area contributed by atoms with Gasteiger partial charge in [-0.3, -0.25) is 4.98 Å². The van der Waals surface area contributed by atoms with Gasteiger partial charge >= 0.3 is 0 Å². The summed E-state index contributed by atoms with van der Waals surface area (Å²) in [6, 6.07) is 9.90. The molecule has 2 rings (SSSR count). The standard InChI is InChI=1S/C12H10FNO/c1-15-11-6-7-12(14-8-11)9-2-4-10(13)5-3-9/h2-8H,1H3. The lowest BCUT2D eigenvalue weighted by atomic mass is 10.1. The lowest BCUT2D eigenvalue weighted by molar-refractivity contribution is 0.413. The average molecular weight is 203 g/mol. The molecule has 0 unspecified atom stereocenters. The van der Waals surface area contributed by atoms with Gasteiger partial charge in [-0.15, -0.1) is 0 Å². The summed E-state index contributed by atoms with van der Waals surface area (Å²) in [6.45, 7) is 0. The Morgan fingerprint density at radius 3 is 2.33 bits per heavy atom. The first-order valence-corrected chi connectivity index (χ1v) is 4.55. The van der Waals surface area contributed by atoms with E-state index in [9.17, 15) is 4.39 Å². The van der Waals surface area contributed by atoms with Gasteiger partial charge in [-0.05, 0) is 36.4 Å². The van der Waals surface area contributed by atoms with Crippen molar-refractivity contribution in [3.05, 3.63) is 48.4 Å². The Kier molecular flexibility index (Phi) is 2.63. The molecule has 1 aromatic carbocycles. The molecule has 0 aliphatic carbocycles. The van der Waals surface area contributed by atoms with E-state index in [4.69, 9.17) is 4.74 Å². The second kappa shape index (κ2) is 4.09. The van der Waals surface area contributed by atoms with Crippen LogP contribution in [0.2, 0.25) is 0 Å². The van der Waals surface area contributed by atoms with Gasteiger partial charge in [0.2, 0.25) is 0 Å². The summed E-state index contributed by atoms with van der Waals surface area (Å²) in [5.41, 5.74) is 1.69. The quantitative estimate of drug-likeness (QED) is 0.748. The molecule has 0 saturated carbocycles. The van der Waals surface area contributed by atoms with Crippen molar-refractivity contribution >= 4 is 0 Å². The van der Waals surface area contributed by atoms with E-state index < -0.39 is 0 Å². The van der Waals surface area contributed by atoms with Gasteiger partial charge in [0.1, 0.15) is 11.6 Å². The van der Waals surface area contributed by atoms with Crippen molar-refractivity contribution in [1.29, 1.82) is 0 Å². The van der Waals surface area contributed by atoms with Crippen LogP contribution in [0.1, 0.15) is 0 Å². The number of halogens is 1. The Bertz CT molecular complexity index is 436. The molecule has 15 heavy (non-hydrogen) atoms. The topological polar surface area (TPSA) is 22.1 Å². The van der Waals surface area contributed by atoms with Crippen molar-refractivity contribution < 1.29 is 9.13 Å². The number of nitrogens with zero attached hydrogens (tertiary/aromatic N) is 1. The van der Waals surface area contributed by atoms with Crippen molar-refractivity contribution in [3.8, 4) is 17.0 Å². The largest absolute Gasteiger partial charge is 0.495 e. The Morgan fingerprint density at radius 1 is 1.07 bits per heavy atom. The van der Waals surface area contributed by atoms with Crippen LogP contribution in [0.15, 0.2) is 42.6 Å². The third-order valence-electron chi connectivity index (χ3n) is 2.11. The number of methoxy groups -OCH3 is 1. The highest BCUT2D eigenvalue weighted by atomic mass is 19.1. The van der Waals surface area contributed by atoms with Crippen molar-refractivity contribution in [2.75, 3.05) is 7.11 Å². The van der Waals surface area contributed by atoms with Crippen LogP contribution >= 0.6 is 0 Å². The first-order chi connectivity index (χ1) is 7.29. The average Bonchev–Trinajstić information content (AvgIpc) is 2.30. The zero-order valence-electron chi connectivity index (χ0n) is 8.27. The Hall–Kier alpha value is -1.90. The molecule has 2 nitrogen and oxygen atoms in total. The zero-order chi connectivity index (χ0) is 10.7. The molecule has 0 aliphatic heterocycles. The van der Waals surface area contributed by atoms with Gasteiger partial charge in [0.15, 0.2) is 0 Å². The molecule has 1 heterocycles. The number of rotatable bonds is 2. The maximum absolute atomic E-state index is 12.7. The lowest BCUT2D eigenvalue weighted by Crippen LogP contribution is -1.86. The minimum Gasteiger partial charge on any atom is -0.495 e. The summed E-state index contributed by atoms with van der Waals surface area (Å²) >= 11 is 0. The predicted octanol–water partition coefficient (Wildman–Crippen LogP) is 2.90. The molecule has 0 radical (unpaired) electrons. The highest BCUT2D eigenvalue weighted by Crippen LogP contribution is 2.19. The summed E-state index contributed by atoms with van der Waals surface area (Å²) in [5.74, 6) is 0.466. The predicted molar refractivity (Wildman–Crippen MR) is 56.2 cm³/mol. The summed E-state index contributed by atoms with van der Waals surface area (Å²) in [4.78, 5) is 4.20. The second-order valence-corrected chi connectivity index (χ2v) is 3.09. The van der Waals surface area contributed by atoms with Crippen molar-refractivity contribution in [1.82, 2.24) is 4.98 Å². The van der Waals surface area contributed by atoms with Crippen molar-refractivity contribution in [2.24, 2.45) is 0 Å². The molecule has 2 aromatic rings. The normalized spacial score (nSPS) is 10.0. The fourth-order valence-electron chi connectivity index (χ4n) is 1.29. The molecule has 0 N–H and O–H groups in total. The van der Waals surface area contributed by atoms with Gasteiger partial charge in [0, 0.05) is 5.56 Å². The van der Waals surface area contributed by atoms with E-state index in [1.807, 2.05) is 12.1 Å². The Morgan fingerprint density at radius 2 is 1.80 bits per heavy atom. The molecule has 0 aliphatic rings. The molecule has 0 amide bonds. The number of hydrogen-bond donors (Lipinski definition) is 0. The van der Waals surface area contributed by atoms with E-state index in [0.29, 0.717) is 5.75 Å². The molecule has 0 fully saturated rings. The van der Waals surface area contributed by atoms with Gasteiger partial charge in [-0.25, -0.2) is 4.39 Å². The van der Waals surface area contributed by atoms with Crippen molar-refractivity contribution in [3.63, 3.8) is 0 Å². The fourth-order valence-corrected chi connectivity index (χ4v) is 1.29. The maximum atomic E-state index is 12.7. The highest BCUT2D eigenvalue weighted by molar-refractivity contribution is 5.59. The van der Waals surface area contributed by atoms with Crippen LogP contribution < -0.4 is 4.74 Å². The number of pyridine rings is 1. The number of aromatic nitrogens is 1. The van der Waals surface area contributed by atoms with Crippen LogP contribution in [-0.4, -0.2) is 12.1 Å². The molecule has 0 atom stereocenters. The van der Waals surface area contributed by atoms with E-state index in [2.05, 4.69) is 4.98 Å². The smallest absolute Gasteiger partial charge is 0.137 e. The third-order valence-corrected chi connectivity index (χ3v) is 2.11. The molecular formula is C12H10FNO. The summed E-state index contributed by atoms with van der Waals surface area (Å²) in [5, 5.41) is 0. The molecule has 0 bridgehead atoms. The minimum atomic E-state index is -0.243. The monoisotopic (exact) mass is 203 g/mol. The summed E-state index contributed by atoms with van der Waals surface area (Å²) < 4.78 is 17.7. The van der Waals surface area contributed by atoms with E-state index in [0.717, 1.165) is 11.3 Å². The first kappa shape index (κ1) is 9.65. The zero-order valence-corrected chi connectivity index (χ0v) is 8.27. The third kappa shape index (κ3) is 2.13. The van der Waals surface area contributed by atoms with E-state index in [1.165, 1.54) is 12.1 Å². The van der Waals surface area contributed by atoms with Gasteiger partial charge in [-0.2, -0.15) is 0 Å². The summed E-state index contributed by atoms with van der Waals surface area (Å²) in [6.07, 6.45) is 1.64. The Labute approximate surface area is 87.4 Å². The fraction of sp³-hybridized carbons (Fsp3) is 0.0833. The van der Waals surface area contributed by atoms with Gasteiger partial charge < -0.3 is 4.74 Å². The van der Waals surface area contributed by atoms with E-state index >= 15 is 0 Å². The van der Waals surface area contributed by atoms with Gasteiger partial charge in [0.25, 0.3) is 0 Å². The first-order valence-electron chi connectivity index (χ1n) is 4.55. The van der Waals surface area contributed by atoms with Gasteiger partial charge in [-0.1, -0.05) is 0 Å². The van der Waals surface area contributed by atoms with Crippen LogP contribution in [0, 0.1) is 5.82 Å². The molecular weight excluding hydrogens is 193 g/mol. The molecule has 76 valence electrons. The lowest BCUT2D eigenvalue weighted by Gasteiger charge is -2.02. The van der Waals surface area contributed by atoms with Crippen LogP contribution in [-0.2, 0) is 0 Å². The second-order valence-electron chi connectivity index (χ2n) is 3.09. The van der Waals surface area contributed by atoms with Crippen LogP contribution in [0.25, 0.3) is 11.3 Å². The molecule has 0 saturated heterocycles.